The maximum absolute atomic E-state index is 5.82. The summed E-state index contributed by atoms with van der Waals surface area (Å²) < 4.78 is 5.82. The van der Waals surface area contributed by atoms with Crippen molar-refractivity contribution in [2.24, 2.45) is 0 Å². The van der Waals surface area contributed by atoms with Crippen LogP contribution in [0.15, 0.2) is 29.0 Å². The summed E-state index contributed by atoms with van der Waals surface area (Å²) in [6.45, 7) is 4.66. The van der Waals surface area contributed by atoms with E-state index >= 15 is 0 Å². The van der Waals surface area contributed by atoms with Crippen molar-refractivity contribution in [3.05, 3.63) is 45.6 Å². The molecule has 2 aromatic rings. The number of thiophene rings is 1. The lowest BCUT2D eigenvalue weighted by atomic mass is 10.1. The van der Waals surface area contributed by atoms with Crippen LogP contribution in [-0.2, 0) is 6.61 Å². The third-order valence-corrected chi connectivity index (χ3v) is 3.18. The second-order valence-electron chi connectivity index (χ2n) is 3.90. The van der Waals surface area contributed by atoms with Gasteiger partial charge in [0.25, 0.3) is 0 Å². The molecule has 16 heavy (non-hydrogen) atoms. The van der Waals surface area contributed by atoms with Crippen molar-refractivity contribution in [3.8, 4) is 5.75 Å². The first kappa shape index (κ1) is 11.0. The molecule has 0 bridgehead atoms. The summed E-state index contributed by atoms with van der Waals surface area (Å²) in [4.78, 5) is 0. The van der Waals surface area contributed by atoms with Crippen molar-refractivity contribution >= 4 is 17.0 Å². The van der Waals surface area contributed by atoms with Crippen LogP contribution in [0.5, 0.6) is 5.75 Å². The summed E-state index contributed by atoms with van der Waals surface area (Å²) in [6, 6.07) is 5.96. The quantitative estimate of drug-likeness (QED) is 0.823. The molecular formula is C13H15NOS. The Kier molecular flexibility index (Phi) is 3.15. The predicted octanol–water partition coefficient (Wildman–Crippen LogP) is 3.53. The molecule has 3 heteroatoms. The smallest absolute Gasteiger partial charge is 0.125 e. The highest BCUT2D eigenvalue weighted by molar-refractivity contribution is 7.07. The van der Waals surface area contributed by atoms with Crippen LogP contribution < -0.4 is 10.5 Å². The van der Waals surface area contributed by atoms with Gasteiger partial charge in [0.05, 0.1) is 0 Å². The Morgan fingerprint density at radius 2 is 1.94 bits per heavy atom. The summed E-state index contributed by atoms with van der Waals surface area (Å²) in [7, 11) is 0. The zero-order valence-corrected chi connectivity index (χ0v) is 10.3. The Bertz CT molecular complexity index is 454. The van der Waals surface area contributed by atoms with Crippen LogP contribution >= 0.6 is 11.3 Å². The summed E-state index contributed by atoms with van der Waals surface area (Å²) in [5, 5.41) is 4.16. The first-order valence-electron chi connectivity index (χ1n) is 5.17. The number of hydrogen-bond acceptors (Lipinski definition) is 3. The lowest BCUT2D eigenvalue weighted by Gasteiger charge is -2.12. The molecule has 0 spiro atoms. The van der Waals surface area contributed by atoms with Crippen LogP contribution in [-0.4, -0.2) is 0 Å². The van der Waals surface area contributed by atoms with Gasteiger partial charge in [0.15, 0.2) is 0 Å². The van der Waals surface area contributed by atoms with Gasteiger partial charge in [-0.2, -0.15) is 11.3 Å². The fourth-order valence-electron chi connectivity index (χ4n) is 1.74. The largest absolute Gasteiger partial charge is 0.488 e. The maximum atomic E-state index is 5.82. The lowest BCUT2D eigenvalue weighted by molar-refractivity contribution is 0.302. The van der Waals surface area contributed by atoms with E-state index in [0.29, 0.717) is 6.61 Å². The van der Waals surface area contributed by atoms with E-state index in [0.717, 1.165) is 22.6 Å². The number of benzene rings is 1. The Balaban J connectivity index is 2.15. The second kappa shape index (κ2) is 4.58. The van der Waals surface area contributed by atoms with Crippen LogP contribution in [0.2, 0.25) is 0 Å². The zero-order chi connectivity index (χ0) is 11.5. The van der Waals surface area contributed by atoms with E-state index in [9.17, 15) is 0 Å². The minimum absolute atomic E-state index is 0.620. The number of nitrogen functional groups attached to an aromatic ring is 1. The molecule has 84 valence electrons. The van der Waals surface area contributed by atoms with Gasteiger partial charge in [-0.15, -0.1) is 0 Å². The molecule has 0 radical (unpaired) electrons. The minimum Gasteiger partial charge on any atom is -0.488 e. The van der Waals surface area contributed by atoms with Crippen LogP contribution in [0, 0.1) is 13.8 Å². The van der Waals surface area contributed by atoms with Crippen molar-refractivity contribution in [1.82, 2.24) is 0 Å². The van der Waals surface area contributed by atoms with Crippen LogP contribution in [0.4, 0.5) is 5.69 Å². The molecule has 0 fully saturated rings. The summed E-state index contributed by atoms with van der Waals surface area (Å²) in [5.74, 6) is 0.945. The van der Waals surface area contributed by atoms with E-state index in [-0.39, 0.29) is 0 Å². The lowest BCUT2D eigenvalue weighted by Crippen LogP contribution is -1.99. The average molecular weight is 233 g/mol. The number of rotatable bonds is 3. The maximum Gasteiger partial charge on any atom is 0.125 e. The van der Waals surface area contributed by atoms with E-state index < -0.39 is 0 Å². The number of nitrogens with two attached hydrogens (primary N) is 1. The van der Waals surface area contributed by atoms with Crippen LogP contribution in [0.25, 0.3) is 0 Å². The first-order valence-corrected chi connectivity index (χ1v) is 6.11. The topological polar surface area (TPSA) is 35.2 Å². The monoisotopic (exact) mass is 233 g/mol. The molecule has 0 aliphatic carbocycles. The molecule has 0 saturated heterocycles. The third-order valence-electron chi connectivity index (χ3n) is 2.45. The molecule has 2 nitrogen and oxygen atoms in total. The Hall–Kier alpha value is -1.48. The second-order valence-corrected chi connectivity index (χ2v) is 4.68. The molecular weight excluding hydrogens is 218 g/mol. The normalized spacial score (nSPS) is 10.4. The van der Waals surface area contributed by atoms with E-state index in [4.69, 9.17) is 10.5 Å². The molecule has 2 N–H and O–H groups in total. The van der Waals surface area contributed by atoms with Crippen molar-refractivity contribution in [2.45, 2.75) is 20.5 Å². The molecule has 1 aromatic heterocycles. The highest BCUT2D eigenvalue weighted by Crippen LogP contribution is 2.26. The van der Waals surface area contributed by atoms with Gasteiger partial charge in [-0.05, 0) is 59.5 Å². The number of anilines is 1. The van der Waals surface area contributed by atoms with Gasteiger partial charge in [0.2, 0.25) is 0 Å². The van der Waals surface area contributed by atoms with E-state index in [1.165, 1.54) is 5.56 Å². The Morgan fingerprint density at radius 1 is 1.25 bits per heavy atom. The van der Waals surface area contributed by atoms with Gasteiger partial charge in [0, 0.05) is 5.69 Å². The van der Waals surface area contributed by atoms with E-state index in [1.54, 1.807) is 11.3 Å². The number of ether oxygens (including phenoxy) is 1. The van der Waals surface area contributed by atoms with Gasteiger partial charge in [-0.25, -0.2) is 0 Å². The SMILES string of the molecule is Cc1cc(N)cc(C)c1OCc1ccsc1. The summed E-state index contributed by atoms with van der Waals surface area (Å²) in [6.07, 6.45) is 0. The van der Waals surface area contributed by atoms with Crippen LogP contribution in [0.1, 0.15) is 16.7 Å². The van der Waals surface area contributed by atoms with Crippen molar-refractivity contribution in [3.63, 3.8) is 0 Å². The molecule has 0 aliphatic heterocycles. The molecule has 0 unspecified atom stereocenters. The van der Waals surface area contributed by atoms with Gasteiger partial charge in [0.1, 0.15) is 12.4 Å². The number of aryl methyl sites for hydroxylation is 2. The minimum atomic E-state index is 0.620. The number of hydrogen-bond donors (Lipinski definition) is 1. The van der Waals surface area contributed by atoms with Gasteiger partial charge >= 0.3 is 0 Å². The van der Waals surface area contributed by atoms with E-state index in [1.807, 2.05) is 26.0 Å². The van der Waals surface area contributed by atoms with E-state index in [2.05, 4.69) is 16.8 Å². The standard InChI is InChI=1S/C13H15NOS/c1-9-5-12(14)6-10(2)13(9)15-7-11-3-4-16-8-11/h3-6,8H,7,14H2,1-2H3. The molecule has 0 aliphatic rings. The molecule has 1 heterocycles. The van der Waals surface area contributed by atoms with Gasteiger partial charge in [-0.1, -0.05) is 0 Å². The van der Waals surface area contributed by atoms with Crippen molar-refractivity contribution in [1.29, 1.82) is 0 Å². The van der Waals surface area contributed by atoms with Gasteiger partial charge < -0.3 is 10.5 Å². The molecule has 0 atom stereocenters. The first-order chi connectivity index (χ1) is 7.66. The summed E-state index contributed by atoms with van der Waals surface area (Å²) >= 11 is 1.69. The fourth-order valence-corrected chi connectivity index (χ4v) is 2.40. The molecule has 0 saturated carbocycles. The zero-order valence-electron chi connectivity index (χ0n) is 9.49. The highest BCUT2D eigenvalue weighted by atomic mass is 32.1. The predicted molar refractivity (Wildman–Crippen MR) is 69.0 cm³/mol. The average Bonchev–Trinajstić information content (AvgIpc) is 2.68. The molecule has 0 amide bonds. The molecule has 2 rings (SSSR count). The fraction of sp³-hybridized carbons (Fsp3) is 0.231. The third kappa shape index (κ3) is 2.36. The Labute approximate surface area is 99.7 Å². The van der Waals surface area contributed by atoms with Crippen molar-refractivity contribution in [2.75, 3.05) is 5.73 Å². The Morgan fingerprint density at radius 3 is 2.50 bits per heavy atom. The van der Waals surface area contributed by atoms with Crippen molar-refractivity contribution < 1.29 is 4.74 Å². The van der Waals surface area contributed by atoms with Crippen LogP contribution in [0.3, 0.4) is 0 Å². The highest BCUT2D eigenvalue weighted by Gasteiger charge is 2.05. The summed E-state index contributed by atoms with van der Waals surface area (Å²) in [5.41, 5.74) is 9.94. The van der Waals surface area contributed by atoms with Gasteiger partial charge in [-0.3, -0.25) is 0 Å². The molecule has 1 aromatic carbocycles.